The molecule has 0 aliphatic carbocycles. The fourth-order valence-corrected chi connectivity index (χ4v) is 2.15. The molecule has 10 nitrogen and oxygen atoms in total. The zero-order valence-electron chi connectivity index (χ0n) is 12.8. The highest BCUT2D eigenvalue weighted by atomic mass is 16.6. The summed E-state index contributed by atoms with van der Waals surface area (Å²) < 4.78 is 10.0. The number of urea groups is 1. The minimum absolute atomic E-state index is 0.130. The van der Waals surface area contributed by atoms with Gasteiger partial charge in [0.05, 0.1) is 19.9 Å². The molecule has 2 amide bonds. The Morgan fingerprint density at radius 1 is 1.42 bits per heavy atom. The van der Waals surface area contributed by atoms with Crippen molar-refractivity contribution in [3.63, 3.8) is 0 Å². The molecular formula is C14H19N3O7. The number of rotatable bonds is 5. The van der Waals surface area contributed by atoms with Gasteiger partial charge in [-0.1, -0.05) is 6.07 Å². The van der Waals surface area contributed by atoms with Crippen LogP contribution in [0.5, 0.6) is 11.5 Å². The quantitative estimate of drug-likeness (QED) is 0.281. The molecule has 4 atom stereocenters. The van der Waals surface area contributed by atoms with E-state index in [9.17, 15) is 20.1 Å². The van der Waals surface area contributed by atoms with Crippen molar-refractivity contribution in [2.45, 2.75) is 24.5 Å². The highest BCUT2D eigenvalue weighted by molar-refractivity contribution is 5.86. The summed E-state index contributed by atoms with van der Waals surface area (Å²) in [4.78, 5) is 11.7. The standard InChI is InChI=1S/C14H19N3O7/c1-23-8-4-2-3-7(10(8)19)5-15-17-14(22)16-13-12(21)11(20)9(6-18)24-13/h2-5,9,11-13,18-21H,6H2,1H3,(H2,16,17,22)/b15-5+/t9-,11-,12-,13-/m1/s1. The first-order valence-corrected chi connectivity index (χ1v) is 7.06. The second kappa shape index (κ2) is 7.93. The molecule has 0 spiro atoms. The van der Waals surface area contributed by atoms with Gasteiger partial charge in [-0.15, -0.1) is 0 Å². The number of benzene rings is 1. The number of carbonyl (C=O) groups excluding carboxylic acids is 1. The molecule has 1 heterocycles. The van der Waals surface area contributed by atoms with Gasteiger partial charge < -0.3 is 35.2 Å². The summed E-state index contributed by atoms with van der Waals surface area (Å²) in [6.45, 7) is -0.495. The average molecular weight is 341 g/mol. The van der Waals surface area contributed by atoms with Crippen LogP contribution >= 0.6 is 0 Å². The van der Waals surface area contributed by atoms with Crippen molar-refractivity contribution < 1.29 is 34.7 Å². The second-order valence-electron chi connectivity index (χ2n) is 5.00. The molecule has 132 valence electrons. The molecule has 1 saturated heterocycles. The maximum absolute atomic E-state index is 11.7. The molecule has 1 aliphatic heterocycles. The van der Waals surface area contributed by atoms with Gasteiger partial charge >= 0.3 is 6.03 Å². The van der Waals surface area contributed by atoms with Gasteiger partial charge in [-0.05, 0) is 12.1 Å². The first kappa shape index (κ1) is 17.9. The van der Waals surface area contributed by atoms with E-state index in [0.29, 0.717) is 5.56 Å². The number of hydrogen-bond acceptors (Lipinski definition) is 8. The van der Waals surface area contributed by atoms with Crippen molar-refractivity contribution in [1.82, 2.24) is 10.7 Å². The Hall–Kier alpha value is -2.40. The maximum atomic E-state index is 11.7. The number of nitrogens with zero attached hydrogens (tertiary/aromatic N) is 1. The van der Waals surface area contributed by atoms with Crippen LogP contribution in [0.25, 0.3) is 0 Å². The number of nitrogens with one attached hydrogen (secondary N) is 2. The molecule has 24 heavy (non-hydrogen) atoms. The summed E-state index contributed by atoms with van der Waals surface area (Å²) in [5.74, 6) is 0.129. The Kier molecular flexibility index (Phi) is 5.93. The lowest BCUT2D eigenvalue weighted by Crippen LogP contribution is -2.46. The summed E-state index contributed by atoms with van der Waals surface area (Å²) in [6, 6.07) is 3.96. The summed E-state index contributed by atoms with van der Waals surface area (Å²) >= 11 is 0. The number of hydrazone groups is 1. The van der Waals surface area contributed by atoms with Gasteiger partial charge in [0.25, 0.3) is 0 Å². The van der Waals surface area contributed by atoms with E-state index >= 15 is 0 Å². The van der Waals surface area contributed by atoms with Gasteiger partial charge in [-0.2, -0.15) is 5.10 Å². The summed E-state index contributed by atoms with van der Waals surface area (Å²) in [6.07, 6.45) is -3.65. The number of methoxy groups -OCH3 is 1. The number of hydrogen-bond donors (Lipinski definition) is 6. The zero-order valence-corrected chi connectivity index (χ0v) is 12.8. The average Bonchev–Trinajstić information content (AvgIpc) is 2.84. The maximum Gasteiger partial charge on any atom is 0.337 e. The smallest absolute Gasteiger partial charge is 0.337 e. The highest BCUT2D eigenvalue weighted by Crippen LogP contribution is 2.27. The first-order chi connectivity index (χ1) is 11.5. The summed E-state index contributed by atoms with van der Waals surface area (Å²) in [5.41, 5.74) is 2.45. The monoisotopic (exact) mass is 341 g/mol. The molecule has 0 radical (unpaired) electrons. The van der Waals surface area contributed by atoms with Crippen LogP contribution in [-0.2, 0) is 4.74 Å². The molecule has 6 N–H and O–H groups in total. The highest BCUT2D eigenvalue weighted by Gasteiger charge is 2.43. The fourth-order valence-electron chi connectivity index (χ4n) is 2.15. The number of aromatic hydroxyl groups is 1. The van der Waals surface area contributed by atoms with Crippen LogP contribution in [0, 0.1) is 0 Å². The Labute approximate surface area is 137 Å². The van der Waals surface area contributed by atoms with Crippen molar-refractivity contribution in [3.05, 3.63) is 23.8 Å². The number of amides is 2. The molecule has 0 aromatic heterocycles. The van der Waals surface area contributed by atoms with Crippen LogP contribution in [-0.4, -0.2) is 70.9 Å². The third-order valence-electron chi connectivity index (χ3n) is 3.44. The van der Waals surface area contributed by atoms with E-state index < -0.39 is 37.2 Å². The predicted molar refractivity (Wildman–Crippen MR) is 81.7 cm³/mol. The van der Waals surface area contributed by atoms with Crippen molar-refractivity contribution in [1.29, 1.82) is 0 Å². The van der Waals surface area contributed by atoms with Crippen LogP contribution in [0.4, 0.5) is 4.79 Å². The minimum atomic E-state index is -1.38. The van der Waals surface area contributed by atoms with Gasteiger partial charge in [0.15, 0.2) is 17.7 Å². The molecule has 0 saturated carbocycles. The third kappa shape index (κ3) is 3.92. The van der Waals surface area contributed by atoms with Crippen molar-refractivity contribution in [2.24, 2.45) is 5.10 Å². The van der Waals surface area contributed by atoms with Gasteiger partial charge in [0.1, 0.15) is 18.3 Å². The van der Waals surface area contributed by atoms with Crippen molar-refractivity contribution in [2.75, 3.05) is 13.7 Å². The minimum Gasteiger partial charge on any atom is -0.504 e. The van der Waals surface area contributed by atoms with E-state index in [0.717, 1.165) is 0 Å². The van der Waals surface area contributed by atoms with E-state index in [-0.39, 0.29) is 11.5 Å². The fraction of sp³-hybridized carbons (Fsp3) is 0.429. The van der Waals surface area contributed by atoms with Gasteiger partial charge in [-0.3, -0.25) is 0 Å². The van der Waals surface area contributed by atoms with Crippen LogP contribution in [0.3, 0.4) is 0 Å². The molecule has 0 unspecified atom stereocenters. The predicted octanol–water partition coefficient (Wildman–Crippen LogP) is -1.53. The van der Waals surface area contributed by atoms with E-state index in [2.05, 4.69) is 15.8 Å². The second-order valence-corrected chi connectivity index (χ2v) is 5.00. The van der Waals surface area contributed by atoms with E-state index in [1.54, 1.807) is 18.2 Å². The molecule has 1 aromatic rings. The van der Waals surface area contributed by atoms with E-state index in [4.69, 9.17) is 14.6 Å². The molecule has 1 fully saturated rings. The van der Waals surface area contributed by atoms with Gasteiger partial charge in [0.2, 0.25) is 0 Å². The SMILES string of the molecule is COc1cccc(/C=N/NC(=O)N[C@@H]2O[C@H](CO)[C@@H](O)[C@H]2O)c1O. The number of para-hydroxylation sites is 1. The molecule has 10 heteroatoms. The number of phenolic OH excluding ortho intramolecular Hbond substituents is 1. The Bertz CT molecular complexity index is 610. The summed E-state index contributed by atoms with van der Waals surface area (Å²) in [7, 11) is 1.41. The molecule has 0 bridgehead atoms. The van der Waals surface area contributed by atoms with Gasteiger partial charge in [0, 0.05) is 5.56 Å². The third-order valence-corrected chi connectivity index (χ3v) is 3.44. The Morgan fingerprint density at radius 2 is 2.17 bits per heavy atom. The lowest BCUT2D eigenvalue weighted by atomic mass is 10.1. The number of aliphatic hydroxyl groups excluding tert-OH is 3. The molecule has 1 aromatic carbocycles. The number of aliphatic hydroxyl groups is 3. The van der Waals surface area contributed by atoms with E-state index in [1.165, 1.54) is 13.3 Å². The Balaban J connectivity index is 1.90. The largest absolute Gasteiger partial charge is 0.504 e. The topological polar surface area (TPSA) is 153 Å². The normalized spacial score (nSPS) is 26.5. The zero-order chi connectivity index (χ0) is 17.7. The van der Waals surface area contributed by atoms with Crippen LogP contribution in [0.2, 0.25) is 0 Å². The first-order valence-electron chi connectivity index (χ1n) is 7.06. The van der Waals surface area contributed by atoms with E-state index in [1.807, 2.05) is 0 Å². The van der Waals surface area contributed by atoms with Crippen LogP contribution < -0.4 is 15.5 Å². The van der Waals surface area contributed by atoms with Crippen molar-refractivity contribution in [3.8, 4) is 11.5 Å². The lowest BCUT2D eigenvalue weighted by Gasteiger charge is -2.15. The summed E-state index contributed by atoms with van der Waals surface area (Å²) in [5, 5.41) is 44.0. The molecule has 1 aliphatic rings. The lowest BCUT2D eigenvalue weighted by molar-refractivity contribution is -0.0284. The van der Waals surface area contributed by atoms with Crippen LogP contribution in [0.1, 0.15) is 5.56 Å². The number of carbonyl (C=O) groups is 1. The molecular weight excluding hydrogens is 322 g/mol. The van der Waals surface area contributed by atoms with Gasteiger partial charge in [-0.25, -0.2) is 10.2 Å². The Morgan fingerprint density at radius 3 is 2.79 bits per heavy atom. The number of ether oxygens (including phenoxy) is 2. The number of phenols is 1. The molecule has 2 rings (SSSR count). The van der Waals surface area contributed by atoms with Crippen LogP contribution in [0.15, 0.2) is 23.3 Å². The van der Waals surface area contributed by atoms with Crippen molar-refractivity contribution >= 4 is 12.2 Å².